The highest BCUT2D eigenvalue weighted by Crippen LogP contribution is 2.44. The Morgan fingerprint density at radius 2 is 1.37 bits per heavy atom. The van der Waals surface area contributed by atoms with E-state index in [1.165, 1.54) is 26.3 Å². The Balaban J connectivity index is 0.000000182. The van der Waals surface area contributed by atoms with Crippen molar-refractivity contribution in [2.75, 3.05) is 90.9 Å². The first-order chi connectivity index (χ1) is 70.3. The maximum atomic E-state index is 14.6. The molecule has 0 radical (unpaired) electrons. The number of nitrogens with two attached hydrogens (primary N) is 4. The zero-order valence-electron chi connectivity index (χ0n) is 87.2. The highest BCUT2D eigenvalue weighted by Gasteiger charge is 2.57. The van der Waals surface area contributed by atoms with Gasteiger partial charge in [0.15, 0.2) is 25.2 Å². The second kappa shape index (κ2) is 51.6. The number of ether oxygens (including phenoxy) is 10. The molecule has 2 saturated carbocycles. The lowest BCUT2D eigenvalue weighted by atomic mass is 9.77. The monoisotopic (exact) mass is 2140 g/mol. The van der Waals surface area contributed by atoms with Crippen molar-refractivity contribution in [3.8, 4) is 17.1 Å². The van der Waals surface area contributed by atoms with Crippen LogP contribution in [0.15, 0.2) is 113 Å². The summed E-state index contributed by atoms with van der Waals surface area (Å²) in [6.45, 7) is 24.2. The van der Waals surface area contributed by atoms with Crippen LogP contribution in [0.1, 0.15) is 151 Å². The quantitative estimate of drug-likeness (QED) is 0.0305. The minimum atomic E-state index is -1.80. The SMILES string of the molecule is CC(C)N=c1cc2n(-c3ccc(Cl)cc3)c3ccccc3nc-2cc1Nc1ccc(Cl)cc1.CC[C@H]1OC(=O)[C@H](C)[C@@H](O[C@H]2C[C@@](C)(OC)[C@@H](O)[C@H](C)O2)[C@H](C)[C@@H](O[C@@H]2O[C@H](C)C[C@H](N(C)C)[C@H]2O)[C@](C)(O)C[C@@H](C)CN(C)[C@H](C)[C@@H](O)[C@]1(C)O.NCC[C@H](O)C(=O)N[C@@H]1C[C@H](N)[C@@H](O[C@H]2O[C@H](CN)[C@@H](O)[C@H](O)[C@H]2O)[C@H](O)[C@H]1O[C@H]1O[C@H](CO)[C@@H](O)[C@H](N)[C@H]1O.O=C(O)c1cn(C2CC2)c2cc(N3CCNCC3)c(F)cc2c1=O. The number of anilines is 3. The highest BCUT2D eigenvalue weighted by atomic mass is 35.5. The van der Waals surface area contributed by atoms with E-state index in [0.717, 1.165) is 70.8 Å². The lowest BCUT2D eigenvalue weighted by Crippen LogP contribution is -2.69. The van der Waals surface area contributed by atoms with Crippen LogP contribution in [0.3, 0.4) is 0 Å². The number of likely N-dealkylation sites (N-methyl/N-ethyl adjacent to an activating group) is 2. The third-order valence-corrected chi connectivity index (χ3v) is 30.3. The fraction of sp³-hybridized carbons (Fsp3) is 0.654. The topological polar surface area (TPSA) is 629 Å². The Labute approximate surface area is 876 Å². The fourth-order valence-electron chi connectivity index (χ4n) is 21.0. The smallest absolute Gasteiger partial charge is 0.341 e. The molecular weight excluding hydrogens is 1980 g/mol. The van der Waals surface area contributed by atoms with Crippen molar-refractivity contribution in [1.82, 2.24) is 34.6 Å². The van der Waals surface area contributed by atoms with Crippen molar-refractivity contribution in [2.45, 2.75) is 335 Å². The molecule has 1 aromatic heterocycles. The van der Waals surface area contributed by atoms with E-state index in [2.05, 4.69) is 52.6 Å². The molecule has 15 rings (SSSR count). The van der Waals surface area contributed by atoms with Gasteiger partial charge in [-0.3, -0.25) is 19.4 Å². The summed E-state index contributed by atoms with van der Waals surface area (Å²) in [4.78, 5) is 66.2. The molecule has 4 aromatic carbocycles. The molecule has 0 bridgehead atoms. The third kappa shape index (κ3) is 28.1. The number of nitrogens with zero attached hydrogens (tertiary/aromatic N) is 7. The second-order valence-corrected chi connectivity index (χ2v) is 42.9. The van der Waals surface area contributed by atoms with Gasteiger partial charge in [-0.1, -0.05) is 56.1 Å². The van der Waals surface area contributed by atoms with E-state index in [0.29, 0.717) is 47.3 Å². The first-order valence-electron chi connectivity index (χ1n) is 51.1. The molecule has 830 valence electrons. The lowest BCUT2D eigenvalue weighted by Gasteiger charge is -2.49. The van der Waals surface area contributed by atoms with Crippen LogP contribution in [0.5, 0.6) is 0 Å². The Hall–Kier alpha value is -7.93. The molecule has 3 aliphatic carbocycles. The third-order valence-electron chi connectivity index (χ3n) is 29.7. The predicted octanol–water partition coefficient (Wildman–Crippen LogP) is 2.55. The number of hydrogen-bond acceptors (Lipinski definition) is 38. The second-order valence-electron chi connectivity index (χ2n) is 42.0. The molecule has 6 saturated heterocycles. The number of aliphatic hydroxyl groups is 13. The number of aromatic nitrogens is 3. The van der Waals surface area contributed by atoms with E-state index in [1.54, 1.807) is 47.6 Å². The summed E-state index contributed by atoms with van der Waals surface area (Å²) in [5, 5.41) is 161. The molecule has 10 aliphatic rings. The summed E-state index contributed by atoms with van der Waals surface area (Å²) in [6, 6.07) is 26.7. The van der Waals surface area contributed by atoms with E-state index in [1.807, 2.05) is 128 Å². The van der Waals surface area contributed by atoms with Crippen LogP contribution in [-0.4, -0.2) is 388 Å². The number of halogens is 3. The first-order valence-corrected chi connectivity index (χ1v) is 51.9. The number of rotatable bonds is 24. The van der Waals surface area contributed by atoms with Crippen LogP contribution in [0.25, 0.3) is 39.0 Å². The van der Waals surface area contributed by atoms with Gasteiger partial charge in [0.05, 0.1) is 105 Å². The zero-order chi connectivity index (χ0) is 109. The van der Waals surface area contributed by atoms with Crippen LogP contribution in [-0.2, 0) is 57.0 Å². The number of carbonyl (C=O) groups is 3. The van der Waals surface area contributed by atoms with Gasteiger partial charge in [0.2, 0.25) is 11.3 Å². The number of carboxylic acids is 1. The van der Waals surface area contributed by atoms with Gasteiger partial charge >= 0.3 is 11.9 Å². The predicted molar refractivity (Wildman–Crippen MR) is 552 cm³/mol. The summed E-state index contributed by atoms with van der Waals surface area (Å²) in [7, 11) is 7.12. The number of methoxy groups -OCH3 is 1. The van der Waals surface area contributed by atoms with Crippen molar-refractivity contribution in [1.29, 1.82) is 0 Å². The van der Waals surface area contributed by atoms with E-state index >= 15 is 0 Å². The molecule has 0 unspecified atom stereocenters. The highest BCUT2D eigenvalue weighted by molar-refractivity contribution is 6.31. The molecule has 42 nitrogen and oxygen atoms in total. The molecule has 8 fully saturated rings. The molecule has 149 heavy (non-hydrogen) atoms. The first kappa shape index (κ1) is 120. The van der Waals surface area contributed by atoms with E-state index in [9.17, 15) is 95.1 Å². The Bertz CT molecular complexity index is 5660. The number of cyclic esters (lactones) is 1. The number of aromatic carboxylic acids is 1. The Kier molecular flexibility index (Phi) is 41.5. The van der Waals surface area contributed by atoms with Crippen LogP contribution in [0.2, 0.25) is 10.0 Å². The number of benzene rings is 5. The van der Waals surface area contributed by atoms with E-state index < -0.39 is 224 Å². The number of fused-ring (bicyclic) bond motifs is 3. The number of carboxylic acid groups (broad SMARTS) is 1. The number of aliphatic hydroxyl groups excluding tert-OH is 11. The average Bonchev–Trinajstić information content (AvgIpc) is 1.69. The van der Waals surface area contributed by atoms with Crippen LogP contribution < -0.4 is 54.6 Å². The van der Waals surface area contributed by atoms with Gasteiger partial charge in [0.1, 0.15) is 109 Å². The zero-order valence-corrected chi connectivity index (χ0v) is 88.7. The summed E-state index contributed by atoms with van der Waals surface area (Å²) >= 11 is 12.2. The van der Waals surface area contributed by atoms with Crippen molar-refractivity contribution in [3.05, 3.63) is 140 Å². The summed E-state index contributed by atoms with van der Waals surface area (Å²) in [5.74, 6) is -5.18. The molecule has 5 aromatic rings. The number of pyridine rings is 1. The Morgan fingerprint density at radius 3 is 1.98 bits per heavy atom. The lowest BCUT2D eigenvalue weighted by molar-refractivity contribution is -0.332. The van der Waals surface area contributed by atoms with Gasteiger partial charge in [-0.05, 0) is 226 Å². The van der Waals surface area contributed by atoms with Crippen LogP contribution >= 0.6 is 23.2 Å². The number of piperazine rings is 1. The maximum absolute atomic E-state index is 14.6. The minimum absolute atomic E-state index is 0.0101. The number of para-hydroxylation sites is 2. The van der Waals surface area contributed by atoms with Gasteiger partial charge in [-0.2, -0.15) is 0 Å². The normalized spacial score (nSPS) is 35.5. The van der Waals surface area contributed by atoms with Crippen molar-refractivity contribution in [3.63, 3.8) is 0 Å². The molecule has 0 spiro atoms. The van der Waals surface area contributed by atoms with E-state index in [-0.39, 0.29) is 86.3 Å². The minimum Gasteiger partial charge on any atom is -0.477 e. The molecule has 45 heteroatoms. The van der Waals surface area contributed by atoms with Crippen molar-refractivity contribution in [2.24, 2.45) is 45.7 Å². The molecular formula is C104H155Cl2FN14O28. The average molecular weight is 2140 g/mol. The number of esters is 1. The van der Waals surface area contributed by atoms with Gasteiger partial charge in [-0.25, -0.2) is 14.2 Å². The number of carbonyl (C=O) groups excluding carboxylic acids is 2. The number of nitrogens with one attached hydrogen (secondary N) is 3. The molecule has 8 heterocycles. The van der Waals surface area contributed by atoms with Gasteiger partial charge in [0.25, 0.3) is 0 Å². The maximum Gasteiger partial charge on any atom is 0.341 e. The van der Waals surface area contributed by atoms with Crippen molar-refractivity contribution < 1.29 is 138 Å². The molecule has 34 atom stereocenters. The molecule has 1 amide bonds. The van der Waals surface area contributed by atoms with Gasteiger partial charge < -0.3 is 182 Å². The fourth-order valence-corrected chi connectivity index (χ4v) is 21.3. The largest absolute Gasteiger partial charge is 0.477 e. The number of amides is 1. The molecule has 25 N–H and O–H groups in total. The van der Waals surface area contributed by atoms with Crippen molar-refractivity contribution >= 4 is 80.0 Å². The summed E-state index contributed by atoms with van der Waals surface area (Å²) < 4.78 is 78.7. The van der Waals surface area contributed by atoms with Gasteiger partial charge in [0, 0.05) is 122 Å². The van der Waals surface area contributed by atoms with E-state index in [4.69, 9.17) is 103 Å². The number of hydrogen-bond donors (Lipinski definition) is 21. The van der Waals surface area contributed by atoms with Crippen LogP contribution in [0.4, 0.5) is 21.5 Å². The summed E-state index contributed by atoms with van der Waals surface area (Å²) in [5.41, 5.74) is 25.5. The Morgan fingerprint density at radius 1 is 0.738 bits per heavy atom. The van der Waals surface area contributed by atoms with Gasteiger partial charge in [-0.15, -0.1) is 0 Å². The molecule has 7 aliphatic heterocycles. The summed E-state index contributed by atoms with van der Waals surface area (Å²) in [6.07, 6.45) is -24.7. The standard InChI is InChI=1S/C38H72N2O12.C27H22Cl2N4.C22H43N5O13.C17H18FN3O3/c1-15-27-38(10,46)31(42)24(6)40(13)19-20(2)17-36(8,45)33(52-35-29(41)26(39(11)12)16-21(3)48-35)22(4)30(23(5)34(44)50-27)51-28-18-37(9,47-14)32(43)25(7)49-28;1-17(2)30-24-16-27-25(15-23(24)31-20-11-7-18(28)8-12-20)32-22-5-3-4-6-26(22)33(27)21-13-9-19(29)10-14-21;23-2-1-8(29)20(36)27-7-3-6(25)18(39-22-16(34)15(33)13(31)9(4-24)37-22)17(35)19(7)40-21-14(32)11(26)12(30)10(5-28)38-21;18-13-7-11-14(8-15(13)20-5-3-19-4-6-20)21(10-1-2-10)9-12(16(11)22)17(23)24/h20-33,35,41-43,45-46H,15-19H2,1-14H3;3-17,31H,1-2H3;6-19,21-22,28-35H,1-5,23-26H2,(H,27,36);7-10,19H,1-6H2,(H,23,24)/t20-,21-,22+,23-,24-,25+,26+,27-,28+,29-,30+,31-,32+,33-,35+,36-,37-,38-;;6-,7+,8-,9+,10+,11-,12+,13+,14+,15-,16+,17-,18+,19-,21+,22+;/m1.0./s1. The van der Waals surface area contributed by atoms with Crippen LogP contribution in [0, 0.1) is 23.6 Å².